The topological polar surface area (TPSA) is 89.3 Å². The van der Waals surface area contributed by atoms with E-state index < -0.39 is 5.60 Å². The van der Waals surface area contributed by atoms with Crippen molar-refractivity contribution in [2.24, 2.45) is 0 Å². The second-order valence-corrected chi connectivity index (χ2v) is 10.3. The van der Waals surface area contributed by atoms with Crippen LogP contribution in [0.25, 0.3) is 28.1 Å². The molecule has 0 aliphatic carbocycles. The third-order valence-corrected chi connectivity index (χ3v) is 6.24. The van der Waals surface area contributed by atoms with Gasteiger partial charge in [0, 0.05) is 54.9 Å². The highest BCUT2D eigenvalue weighted by molar-refractivity contribution is 6.30. The summed E-state index contributed by atoms with van der Waals surface area (Å²) < 4.78 is 7.58. The number of fused-ring (bicyclic) bond motifs is 1. The van der Waals surface area contributed by atoms with Crippen LogP contribution in [0.15, 0.2) is 55.2 Å². The fourth-order valence-electron chi connectivity index (χ4n) is 4.43. The highest BCUT2D eigenvalue weighted by atomic mass is 35.5. The fraction of sp³-hybridized carbons (Fsp3) is 0.346. The van der Waals surface area contributed by atoms with Gasteiger partial charge in [0.15, 0.2) is 5.82 Å². The normalized spacial score (nSPS) is 16.4. The van der Waals surface area contributed by atoms with Crippen LogP contribution in [-0.4, -0.2) is 66.8 Å². The van der Waals surface area contributed by atoms with Gasteiger partial charge < -0.3 is 14.5 Å². The summed E-state index contributed by atoms with van der Waals surface area (Å²) in [6.45, 7) is 9.36. The molecule has 9 nitrogen and oxygen atoms in total. The predicted octanol–water partition coefficient (Wildman–Crippen LogP) is 4.98. The van der Waals surface area contributed by atoms with Gasteiger partial charge in [-0.2, -0.15) is 0 Å². The first kappa shape index (κ1) is 24.0. The van der Waals surface area contributed by atoms with Crippen molar-refractivity contribution in [1.82, 2.24) is 29.4 Å². The van der Waals surface area contributed by atoms with Crippen LogP contribution in [0, 0.1) is 0 Å². The first-order chi connectivity index (χ1) is 17.2. The zero-order valence-electron chi connectivity index (χ0n) is 20.7. The second-order valence-electron chi connectivity index (χ2n) is 9.82. The van der Waals surface area contributed by atoms with E-state index in [9.17, 15) is 4.79 Å². The Bertz CT molecular complexity index is 1400. The number of rotatable bonds is 3. The molecule has 1 aliphatic heterocycles. The Morgan fingerprint density at radius 2 is 1.92 bits per heavy atom. The number of ether oxygens (including phenoxy) is 1. The van der Waals surface area contributed by atoms with Crippen molar-refractivity contribution < 1.29 is 9.53 Å². The average Bonchev–Trinajstić information content (AvgIpc) is 3.24. The third kappa shape index (κ3) is 4.70. The standard InChI is InChI=1S/C26H28ClN7O2/c1-17-14-32(25(35)36-26(2,3)4)11-12-33(17)24-23-22(30-16-31-24)19(20-13-18(27)8-10-28-20)15-34(23)21-7-5-6-9-29-21/h5-10,13,15-17H,11-12,14H2,1-4H3/t17-/m0/s1. The van der Waals surface area contributed by atoms with Gasteiger partial charge in [-0.15, -0.1) is 0 Å². The van der Waals surface area contributed by atoms with Crippen molar-refractivity contribution in [1.29, 1.82) is 0 Å². The monoisotopic (exact) mass is 505 g/mol. The Morgan fingerprint density at radius 3 is 2.61 bits per heavy atom. The molecule has 36 heavy (non-hydrogen) atoms. The van der Waals surface area contributed by atoms with Crippen molar-refractivity contribution in [2.45, 2.75) is 39.3 Å². The average molecular weight is 506 g/mol. The van der Waals surface area contributed by atoms with Gasteiger partial charge in [-0.05, 0) is 52.0 Å². The lowest BCUT2D eigenvalue weighted by Gasteiger charge is -2.41. The lowest BCUT2D eigenvalue weighted by Crippen LogP contribution is -2.55. The van der Waals surface area contributed by atoms with Gasteiger partial charge in [0.25, 0.3) is 0 Å². The molecule has 1 aliphatic rings. The predicted molar refractivity (Wildman–Crippen MR) is 140 cm³/mol. The summed E-state index contributed by atoms with van der Waals surface area (Å²) in [6.07, 6.45) is 6.69. The number of carbonyl (C=O) groups is 1. The van der Waals surface area contributed by atoms with Crippen LogP contribution < -0.4 is 4.90 Å². The minimum atomic E-state index is -0.537. The number of piperazine rings is 1. The Morgan fingerprint density at radius 1 is 1.08 bits per heavy atom. The number of amides is 1. The maximum atomic E-state index is 12.7. The van der Waals surface area contributed by atoms with Gasteiger partial charge in [-0.1, -0.05) is 17.7 Å². The SMILES string of the molecule is C[C@H]1CN(C(=O)OC(C)(C)C)CCN1c1ncnc2c(-c3cc(Cl)ccn3)cn(-c3ccccn3)c12. The Balaban J connectivity index is 1.58. The first-order valence-corrected chi connectivity index (χ1v) is 12.2. The largest absolute Gasteiger partial charge is 0.444 e. The number of hydrogen-bond donors (Lipinski definition) is 0. The van der Waals surface area contributed by atoms with E-state index in [0.29, 0.717) is 24.7 Å². The minimum Gasteiger partial charge on any atom is -0.444 e. The molecule has 4 aromatic heterocycles. The zero-order chi connectivity index (χ0) is 25.4. The fourth-order valence-corrected chi connectivity index (χ4v) is 4.59. The van der Waals surface area contributed by atoms with Crippen LogP contribution in [-0.2, 0) is 4.74 Å². The van der Waals surface area contributed by atoms with Crippen LogP contribution in [0.4, 0.5) is 10.6 Å². The highest BCUT2D eigenvalue weighted by Gasteiger charge is 2.32. The number of carbonyl (C=O) groups excluding carboxylic acids is 1. The van der Waals surface area contributed by atoms with Crippen LogP contribution in [0.3, 0.4) is 0 Å². The second kappa shape index (κ2) is 9.39. The van der Waals surface area contributed by atoms with Crippen molar-refractivity contribution in [3.8, 4) is 17.1 Å². The van der Waals surface area contributed by atoms with E-state index in [4.69, 9.17) is 21.3 Å². The van der Waals surface area contributed by atoms with Crippen molar-refractivity contribution >= 4 is 34.5 Å². The molecular weight excluding hydrogens is 478 g/mol. The zero-order valence-corrected chi connectivity index (χ0v) is 21.5. The third-order valence-electron chi connectivity index (χ3n) is 6.00. The molecule has 0 aromatic carbocycles. The van der Waals surface area contributed by atoms with Crippen LogP contribution in [0.5, 0.6) is 0 Å². The van der Waals surface area contributed by atoms with E-state index in [-0.39, 0.29) is 12.1 Å². The molecule has 1 atom stereocenters. The van der Waals surface area contributed by atoms with Gasteiger partial charge >= 0.3 is 6.09 Å². The molecule has 5 rings (SSSR count). The van der Waals surface area contributed by atoms with Crippen LogP contribution >= 0.6 is 11.6 Å². The lowest BCUT2D eigenvalue weighted by molar-refractivity contribution is 0.0218. The Kier molecular flexibility index (Phi) is 6.26. The number of halogens is 1. The smallest absolute Gasteiger partial charge is 0.410 e. The summed E-state index contributed by atoms with van der Waals surface area (Å²) in [5.41, 5.74) is 2.59. The van der Waals surface area contributed by atoms with Crippen molar-refractivity contribution in [2.75, 3.05) is 24.5 Å². The highest BCUT2D eigenvalue weighted by Crippen LogP contribution is 2.36. The van der Waals surface area contributed by atoms with E-state index in [1.54, 1.807) is 29.7 Å². The molecule has 0 saturated carbocycles. The van der Waals surface area contributed by atoms with Crippen LogP contribution in [0.1, 0.15) is 27.7 Å². The summed E-state index contributed by atoms with van der Waals surface area (Å²) >= 11 is 6.28. The van der Waals surface area contributed by atoms with E-state index in [2.05, 4.69) is 26.8 Å². The van der Waals surface area contributed by atoms with Crippen molar-refractivity contribution in [3.63, 3.8) is 0 Å². The number of pyridine rings is 2. The van der Waals surface area contributed by atoms with Gasteiger partial charge in [0.2, 0.25) is 0 Å². The molecule has 1 saturated heterocycles. The number of nitrogens with zero attached hydrogens (tertiary/aromatic N) is 7. The van der Waals surface area contributed by atoms with E-state index in [1.165, 1.54) is 0 Å². The molecule has 5 heterocycles. The summed E-state index contributed by atoms with van der Waals surface area (Å²) in [4.78, 5) is 35.1. The summed E-state index contributed by atoms with van der Waals surface area (Å²) in [7, 11) is 0. The molecule has 1 fully saturated rings. The van der Waals surface area contributed by atoms with Gasteiger partial charge in [-0.3, -0.25) is 9.55 Å². The Hall–Kier alpha value is -3.72. The van der Waals surface area contributed by atoms with E-state index >= 15 is 0 Å². The van der Waals surface area contributed by atoms with Gasteiger partial charge in [-0.25, -0.2) is 19.7 Å². The molecule has 4 aromatic rings. The molecule has 0 N–H and O–H groups in total. The van der Waals surface area contributed by atoms with Gasteiger partial charge in [0.05, 0.1) is 5.69 Å². The number of aromatic nitrogens is 5. The number of anilines is 1. The quantitative estimate of drug-likeness (QED) is 0.388. The first-order valence-electron chi connectivity index (χ1n) is 11.9. The molecule has 1 amide bonds. The molecule has 0 radical (unpaired) electrons. The molecule has 0 spiro atoms. The number of hydrogen-bond acceptors (Lipinski definition) is 7. The maximum Gasteiger partial charge on any atom is 0.410 e. The van der Waals surface area contributed by atoms with E-state index in [1.807, 2.05) is 55.8 Å². The summed E-state index contributed by atoms with van der Waals surface area (Å²) in [5, 5.41) is 0.597. The molecule has 10 heteroatoms. The lowest BCUT2D eigenvalue weighted by atomic mass is 10.1. The molecule has 0 bridgehead atoms. The van der Waals surface area contributed by atoms with E-state index in [0.717, 1.165) is 33.9 Å². The van der Waals surface area contributed by atoms with Crippen molar-refractivity contribution in [3.05, 3.63) is 60.3 Å². The molecule has 0 unspecified atom stereocenters. The molecule has 186 valence electrons. The summed E-state index contributed by atoms with van der Waals surface area (Å²) in [5.74, 6) is 1.52. The van der Waals surface area contributed by atoms with Crippen LogP contribution in [0.2, 0.25) is 5.02 Å². The Labute approximate surface area is 214 Å². The molecular formula is C26H28ClN7O2. The maximum absolute atomic E-state index is 12.7. The van der Waals surface area contributed by atoms with Gasteiger partial charge in [0.1, 0.15) is 28.8 Å². The minimum absolute atomic E-state index is 0.00388. The summed E-state index contributed by atoms with van der Waals surface area (Å²) in [6, 6.07) is 9.33.